The molecule has 2 fully saturated rings. The van der Waals surface area contributed by atoms with Gasteiger partial charge in [-0.2, -0.15) is 0 Å². The lowest BCUT2D eigenvalue weighted by molar-refractivity contribution is -0.178. The van der Waals surface area contributed by atoms with Crippen LogP contribution in [-0.4, -0.2) is 38.4 Å². The summed E-state index contributed by atoms with van der Waals surface area (Å²) in [5.74, 6) is -0.473. The Morgan fingerprint density at radius 1 is 1.24 bits per heavy atom. The van der Waals surface area contributed by atoms with Gasteiger partial charge in [0.15, 0.2) is 5.79 Å². The molecule has 0 radical (unpaired) electrons. The Balaban J connectivity index is 1.64. The molecule has 1 aromatic rings. The van der Waals surface area contributed by atoms with Crippen molar-refractivity contribution in [1.82, 2.24) is 9.71 Å². The summed E-state index contributed by atoms with van der Waals surface area (Å²) in [6.45, 7) is 1.25. The first kappa shape index (κ1) is 15.4. The topological polar surface area (TPSA) is 77.5 Å². The Kier molecular flexibility index (Phi) is 4.33. The second kappa shape index (κ2) is 5.92. The Bertz CT molecular complexity index is 606. The first-order chi connectivity index (χ1) is 9.99. The summed E-state index contributed by atoms with van der Waals surface area (Å²) in [4.78, 5) is 4.07. The van der Waals surface area contributed by atoms with Gasteiger partial charge in [-0.15, -0.1) is 0 Å². The average Bonchev–Trinajstić information content (AvgIpc) is 2.90. The highest BCUT2D eigenvalue weighted by molar-refractivity contribution is 9.10. The number of pyridine rings is 1. The van der Waals surface area contributed by atoms with Gasteiger partial charge in [-0.3, -0.25) is 4.98 Å². The van der Waals surface area contributed by atoms with E-state index in [0.29, 0.717) is 30.5 Å². The van der Waals surface area contributed by atoms with Gasteiger partial charge in [-0.05, 0) is 34.8 Å². The van der Waals surface area contributed by atoms with Crippen molar-refractivity contribution in [2.75, 3.05) is 13.2 Å². The maximum atomic E-state index is 12.3. The number of sulfonamides is 1. The highest BCUT2D eigenvalue weighted by Crippen LogP contribution is 2.36. The lowest BCUT2D eigenvalue weighted by Crippen LogP contribution is -2.43. The summed E-state index contributed by atoms with van der Waals surface area (Å²) < 4.78 is 39.3. The van der Waals surface area contributed by atoms with E-state index in [1.54, 1.807) is 12.3 Å². The van der Waals surface area contributed by atoms with E-state index in [1.807, 2.05) is 0 Å². The lowest BCUT2D eigenvalue weighted by Gasteiger charge is -2.35. The molecule has 1 aliphatic heterocycles. The first-order valence-corrected chi connectivity index (χ1v) is 9.18. The number of nitrogens with one attached hydrogen (secondary N) is 1. The van der Waals surface area contributed by atoms with Crippen molar-refractivity contribution in [3.05, 3.63) is 22.9 Å². The molecule has 0 aromatic carbocycles. The van der Waals surface area contributed by atoms with Crippen LogP contribution in [0.25, 0.3) is 0 Å². The average molecular weight is 377 g/mol. The van der Waals surface area contributed by atoms with E-state index in [9.17, 15) is 8.42 Å². The third-order valence-electron chi connectivity index (χ3n) is 3.87. The monoisotopic (exact) mass is 376 g/mol. The molecule has 1 saturated heterocycles. The molecule has 0 atom stereocenters. The fourth-order valence-corrected chi connectivity index (χ4v) is 4.60. The molecule has 0 amide bonds. The van der Waals surface area contributed by atoms with Gasteiger partial charge in [0.05, 0.1) is 13.2 Å². The van der Waals surface area contributed by atoms with Crippen molar-refractivity contribution in [2.45, 2.75) is 42.4 Å². The van der Waals surface area contributed by atoms with Crippen LogP contribution in [0.5, 0.6) is 0 Å². The Morgan fingerprint density at radius 3 is 2.52 bits per heavy atom. The molecular formula is C13H17BrN2O4S. The summed E-state index contributed by atoms with van der Waals surface area (Å²) in [5.41, 5.74) is 0. The Hall–Kier alpha value is -0.540. The number of hydrogen-bond acceptors (Lipinski definition) is 5. The van der Waals surface area contributed by atoms with E-state index < -0.39 is 15.8 Å². The van der Waals surface area contributed by atoms with Crippen molar-refractivity contribution in [3.8, 4) is 0 Å². The summed E-state index contributed by atoms with van der Waals surface area (Å²) in [6.07, 6.45) is 5.76. The molecule has 1 N–H and O–H groups in total. The normalized spacial score (nSPS) is 22.7. The molecule has 3 rings (SSSR count). The largest absolute Gasteiger partial charge is 0.348 e. The minimum absolute atomic E-state index is 0.0904. The summed E-state index contributed by atoms with van der Waals surface area (Å²) in [5, 5.41) is 0. The predicted molar refractivity (Wildman–Crippen MR) is 79.1 cm³/mol. The van der Waals surface area contributed by atoms with Crippen LogP contribution in [0.1, 0.15) is 25.7 Å². The molecule has 116 valence electrons. The van der Waals surface area contributed by atoms with Crippen molar-refractivity contribution in [1.29, 1.82) is 0 Å². The van der Waals surface area contributed by atoms with Gasteiger partial charge in [0.1, 0.15) is 4.90 Å². The van der Waals surface area contributed by atoms with E-state index in [4.69, 9.17) is 9.47 Å². The highest BCUT2D eigenvalue weighted by atomic mass is 79.9. The molecule has 1 aromatic heterocycles. The van der Waals surface area contributed by atoms with Gasteiger partial charge >= 0.3 is 0 Å². The molecule has 1 saturated carbocycles. The van der Waals surface area contributed by atoms with Crippen LogP contribution in [-0.2, 0) is 19.5 Å². The molecular weight excluding hydrogens is 360 g/mol. The van der Waals surface area contributed by atoms with Crippen molar-refractivity contribution >= 4 is 26.0 Å². The lowest BCUT2D eigenvalue weighted by atomic mass is 9.91. The number of nitrogens with zero attached hydrogens (tertiary/aromatic N) is 1. The van der Waals surface area contributed by atoms with Crippen LogP contribution >= 0.6 is 15.9 Å². The number of aromatic nitrogens is 1. The number of ether oxygens (including phenoxy) is 2. The molecule has 2 heterocycles. The third kappa shape index (κ3) is 3.45. The molecule has 0 unspecified atom stereocenters. The number of rotatable bonds is 3. The third-order valence-corrected chi connectivity index (χ3v) is 5.79. The molecule has 0 bridgehead atoms. The van der Waals surface area contributed by atoms with Gasteiger partial charge < -0.3 is 9.47 Å². The summed E-state index contributed by atoms with van der Waals surface area (Å²) in [6, 6.07) is 1.45. The van der Waals surface area contributed by atoms with Crippen molar-refractivity contribution in [2.24, 2.45) is 0 Å². The smallest absolute Gasteiger partial charge is 0.242 e. The predicted octanol–water partition coefficient (Wildman–Crippen LogP) is 1.81. The molecule has 21 heavy (non-hydrogen) atoms. The molecule has 2 aliphatic rings. The van der Waals surface area contributed by atoms with Crippen LogP contribution in [0.4, 0.5) is 0 Å². The van der Waals surface area contributed by atoms with Crippen LogP contribution in [0, 0.1) is 0 Å². The van der Waals surface area contributed by atoms with Crippen LogP contribution in [0.2, 0.25) is 0 Å². The van der Waals surface area contributed by atoms with Gasteiger partial charge in [0, 0.05) is 35.7 Å². The molecule has 1 aliphatic carbocycles. The van der Waals surface area contributed by atoms with E-state index in [0.717, 1.165) is 12.8 Å². The van der Waals surface area contributed by atoms with Crippen LogP contribution in [0.15, 0.2) is 27.8 Å². The van der Waals surface area contributed by atoms with Crippen LogP contribution < -0.4 is 4.72 Å². The first-order valence-electron chi connectivity index (χ1n) is 6.90. The number of hydrogen-bond donors (Lipinski definition) is 1. The second-order valence-corrected chi connectivity index (χ2v) is 7.97. The zero-order valence-corrected chi connectivity index (χ0v) is 13.8. The summed E-state index contributed by atoms with van der Waals surface area (Å²) >= 11 is 3.23. The van der Waals surface area contributed by atoms with E-state index in [-0.39, 0.29) is 10.9 Å². The Labute approximate surface area is 132 Å². The van der Waals surface area contributed by atoms with E-state index in [2.05, 4.69) is 25.6 Å². The zero-order valence-electron chi connectivity index (χ0n) is 11.4. The maximum Gasteiger partial charge on any atom is 0.242 e. The Morgan fingerprint density at radius 2 is 1.90 bits per heavy atom. The SMILES string of the molecule is O=S(=O)(NC1CCC2(CC1)OCCO2)c1cncc(Br)c1. The highest BCUT2D eigenvalue weighted by Gasteiger charge is 2.41. The van der Waals surface area contributed by atoms with Gasteiger partial charge in [0.2, 0.25) is 10.0 Å². The van der Waals surface area contributed by atoms with Crippen molar-refractivity contribution < 1.29 is 17.9 Å². The zero-order chi connectivity index (χ0) is 14.9. The van der Waals surface area contributed by atoms with Crippen LogP contribution in [0.3, 0.4) is 0 Å². The fourth-order valence-electron chi connectivity index (χ4n) is 2.79. The molecule has 8 heteroatoms. The summed E-state index contributed by atoms with van der Waals surface area (Å²) in [7, 11) is -3.54. The van der Waals surface area contributed by atoms with Gasteiger partial charge in [-0.1, -0.05) is 0 Å². The molecule has 6 nitrogen and oxygen atoms in total. The van der Waals surface area contributed by atoms with Gasteiger partial charge in [0.25, 0.3) is 0 Å². The molecule has 1 spiro atoms. The van der Waals surface area contributed by atoms with Crippen molar-refractivity contribution in [3.63, 3.8) is 0 Å². The minimum Gasteiger partial charge on any atom is -0.348 e. The van der Waals surface area contributed by atoms with E-state index in [1.165, 1.54) is 6.20 Å². The standard InChI is InChI=1S/C13H17BrN2O4S/c14-10-7-12(9-15-8-10)21(17,18)16-11-1-3-13(4-2-11)19-5-6-20-13/h7-9,11,16H,1-6H2. The van der Waals surface area contributed by atoms with E-state index >= 15 is 0 Å². The maximum absolute atomic E-state index is 12.3. The minimum atomic E-state index is -3.54. The number of halogens is 1. The second-order valence-electron chi connectivity index (χ2n) is 5.34. The fraction of sp³-hybridized carbons (Fsp3) is 0.615. The van der Waals surface area contributed by atoms with Gasteiger partial charge in [-0.25, -0.2) is 13.1 Å². The quantitative estimate of drug-likeness (QED) is 0.870.